The summed E-state index contributed by atoms with van der Waals surface area (Å²) in [6, 6.07) is 14.1. The largest absolute Gasteiger partial charge is 0.508 e. The van der Waals surface area contributed by atoms with Crippen LogP contribution in [0.25, 0.3) is 12.2 Å². The number of aliphatic hydroxyl groups excluding tert-OH is 4. The molecule has 0 aromatic heterocycles. The molecule has 16 nitrogen and oxygen atoms in total. The van der Waals surface area contributed by atoms with Gasteiger partial charge in [-0.05, 0) is 59.7 Å². The van der Waals surface area contributed by atoms with Gasteiger partial charge in [0.2, 0.25) is 6.29 Å². The van der Waals surface area contributed by atoms with Crippen LogP contribution in [0.15, 0.2) is 72.8 Å². The molecule has 16 heteroatoms. The van der Waals surface area contributed by atoms with Crippen molar-refractivity contribution in [2.24, 2.45) is 0 Å². The van der Waals surface area contributed by atoms with Gasteiger partial charge in [0.25, 0.3) is 0 Å². The summed E-state index contributed by atoms with van der Waals surface area (Å²) in [4.78, 5) is 24.8. The molecular formula is C36H38O16. The van der Waals surface area contributed by atoms with Gasteiger partial charge in [0.1, 0.15) is 48.3 Å². The van der Waals surface area contributed by atoms with E-state index in [4.69, 9.17) is 28.4 Å². The fourth-order valence-electron chi connectivity index (χ4n) is 5.34. The zero-order chi connectivity index (χ0) is 37.6. The molecule has 0 radical (unpaired) electrons. The average Bonchev–Trinajstić information content (AvgIpc) is 3.41. The number of ketones is 1. The highest BCUT2D eigenvalue weighted by Gasteiger charge is 2.54. The van der Waals surface area contributed by atoms with Crippen LogP contribution in [0.1, 0.15) is 21.5 Å². The number of aliphatic hydroxyl groups is 5. The highest BCUT2D eigenvalue weighted by Crippen LogP contribution is 2.33. The maximum Gasteiger partial charge on any atom is 0.330 e. The molecule has 0 aliphatic carbocycles. The van der Waals surface area contributed by atoms with E-state index >= 15 is 0 Å². The first-order valence-electron chi connectivity index (χ1n) is 15.8. The summed E-state index contributed by atoms with van der Waals surface area (Å²) in [5, 5.41) is 82.2. The molecule has 278 valence electrons. The first kappa shape index (κ1) is 38.2. The molecule has 0 spiro atoms. The van der Waals surface area contributed by atoms with Crippen LogP contribution in [0.2, 0.25) is 0 Å². The molecule has 3 aromatic rings. The number of carbonyl (C=O) groups is 2. The average molecular weight is 727 g/mol. The molecule has 8 atom stereocenters. The maximum absolute atomic E-state index is 12.5. The van der Waals surface area contributed by atoms with Gasteiger partial charge in [0, 0.05) is 12.1 Å². The summed E-state index contributed by atoms with van der Waals surface area (Å²) in [7, 11) is 1.37. The fraction of sp³-hybridized carbons (Fsp3) is 0.333. The van der Waals surface area contributed by atoms with Crippen LogP contribution < -0.4 is 9.47 Å². The number of ether oxygens (including phenoxy) is 6. The normalized spacial score (nSPS) is 27.5. The number of hydrogen-bond acceptors (Lipinski definition) is 16. The summed E-state index contributed by atoms with van der Waals surface area (Å²) in [6.07, 6.45) is -5.97. The van der Waals surface area contributed by atoms with Crippen LogP contribution in [-0.2, 0) is 23.7 Å². The van der Waals surface area contributed by atoms with Crippen molar-refractivity contribution >= 4 is 23.9 Å². The molecule has 2 aliphatic heterocycles. The number of carbonyl (C=O) groups excluding carboxylic acids is 2. The van der Waals surface area contributed by atoms with Crippen molar-refractivity contribution in [1.29, 1.82) is 0 Å². The molecule has 2 fully saturated rings. The third kappa shape index (κ3) is 8.87. The summed E-state index contributed by atoms with van der Waals surface area (Å²) in [6.45, 7) is -1.95. The third-order valence-electron chi connectivity index (χ3n) is 8.31. The molecule has 2 aliphatic rings. The number of allylic oxidation sites excluding steroid dienone is 1. The number of hydrogen-bond donors (Lipinski definition) is 8. The number of rotatable bonds is 13. The van der Waals surface area contributed by atoms with Gasteiger partial charge in [-0.15, -0.1) is 0 Å². The van der Waals surface area contributed by atoms with E-state index in [0.29, 0.717) is 11.1 Å². The SMILES string of the molecule is COc1cc(/C=C/C(=O)OC[C@@]2(O)CO[C@@H](O[C@H]3[C@H](Oc4ccc(/C=C/C(=O)c5ccc(O)cc5O)cc4)O[C@H](CO)[C@@H](O)[C@@H]3O)[C@@H]2O)ccc1O. The second-order valence-electron chi connectivity index (χ2n) is 12.0. The molecule has 2 saturated heterocycles. The van der Waals surface area contributed by atoms with Crippen molar-refractivity contribution in [3.63, 3.8) is 0 Å². The lowest BCUT2D eigenvalue weighted by Gasteiger charge is -2.42. The lowest BCUT2D eigenvalue weighted by molar-refractivity contribution is -0.318. The van der Waals surface area contributed by atoms with Crippen LogP contribution in [-0.4, -0.2) is 128 Å². The van der Waals surface area contributed by atoms with Gasteiger partial charge in [-0.25, -0.2) is 4.79 Å². The van der Waals surface area contributed by atoms with Crippen LogP contribution in [0.3, 0.4) is 0 Å². The second-order valence-corrected chi connectivity index (χ2v) is 12.0. The molecular weight excluding hydrogens is 688 g/mol. The van der Waals surface area contributed by atoms with Crippen LogP contribution in [0, 0.1) is 0 Å². The Morgan fingerprint density at radius 2 is 1.60 bits per heavy atom. The first-order valence-corrected chi connectivity index (χ1v) is 15.8. The molecule has 5 rings (SSSR count). The minimum atomic E-state index is -2.13. The van der Waals surface area contributed by atoms with Gasteiger partial charge in [-0.3, -0.25) is 4.79 Å². The Balaban J connectivity index is 1.21. The van der Waals surface area contributed by atoms with E-state index in [0.717, 1.165) is 12.1 Å². The smallest absolute Gasteiger partial charge is 0.330 e. The molecule has 2 heterocycles. The van der Waals surface area contributed by atoms with Crippen molar-refractivity contribution in [3.05, 3.63) is 89.5 Å². The molecule has 0 amide bonds. The van der Waals surface area contributed by atoms with E-state index in [-0.39, 0.29) is 34.3 Å². The molecule has 52 heavy (non-hydrogen) atoms. The third-order valence-corrected chi connectivity index (χ3v) is 8.31. The number of esters is 1. The molecule has 0 unspecified atom stereocenters. The van der Waals surface area contributed by atoms with Crippen molar-refractivity contribution in [1.82, 2.24) is 0 Å². The van der Waals surface area contributed by atoms with Crippen molar-refractivity contribution in [2.75, 3.05) is 26.9 Å². The minimum absolute atomic E-state index is 0.00900. The second kappa shape index (κ2) is 16.5. The Hall–Kier alpha value is -5.04. The van der Waals surface area contributed by atoms with E-state index in [1.54, 1.807) is 12.1 Å². The first-order chi connectivity index (χ1) is 24.8. The van der Waals surface area contributed by atoms with Crippen LogP contribution in [0.4, 0.5) is 0 Å². The van der Waals surface area contributed by atoms with E-state index in [1.165, 1.54) is 67.8 Å². The Labute approximate surface area is 296 Å². The highest BCUT2D eigenvalue weighted by molar-refractivity contribution is 6.08. The van der Waals surface area contributed by atoms with E-state index < -0.39 is 80.3 Å². The van der Waals surface area contributed by atoms with Crippen molar-refractivity contribution in [2.45, 2.75) is 48.7 Å². The number of methoxy groups -OCH3 is 1. The number of phenolic OH excluding ortho intramolecular Hbond substituents is 3. The molecule has 3 aromatic carbocycles. The van der Waals surface area contributed by atoms with Gasteiger partial charge in [-0.2, -0.15) is 0 Å². The zero-order valence-corrected chi connectivity index (χ0v) is 27.6. The van der Waals surface area contributed by atoms with E-state index in [2.05, 4.69) is 0 Å². The van der Waals surface area contributed by atoms with Crippen molar-refractivity contribution < 1.29 is 78.9 Å². The van der Waals surface area contributed by atoms with E-state index in [9.17, 15) is 50.4 Å². The van der Waals surface area contributed by atoms with Gasteiger partial charge in [-0.1, -0.05) is 24.3 Å². The molecule has 0 bridgehead atoms. The molecule has 0 saturated carbocycles. The van der Waals surface area contributed by atoms with Gasteiger partial charge < -0.3 is 69.3 Å². The van der Waals surface area contributed by atoms with Gasteiger partial charge in [0.15, 0.2) is 35.3 Å². The monoisotopic (exact) mass is 726 g/mol. The lowest BCUT2D eigenvalue weighted by Crippen LogP contribution is -2.62. The van der Waals surface area contributed by atoms with Gasteiger partial charge in [0.05, 0.1) is 25.9 Å². The molecule has 8 N–H and O–H groups in total. The highest BCUT2D eigenvalue weighted by atomic mass is 16.8. The maximum atomic E-state index is 12.5. The summed E-state index contributed by atoms with van der Waals surface area (Å²) in [5.41, 5.74) is -1.08. The zero-order valence-electron chi connectivity index (χ0n) is 27.6. The number of benzene rings is 3. The van der Waals surface area contributed by atoms with Crippen LogP contribution in [0.5, 0.6) is 28.7 Å². The van der Waals surface area contributed by atoms with Gasteiger partial charge >= 0.3 is 5.97 Å². The summed E-state index contributed by atoms with van der Waals surface area (Å²) in [5.74, 6) is -1.68. The number of aromatic hydroxyl groups is 3. The van der Waals surface area contributed by atoms with Crippen LogP contribution >= 0.6 is 0 Å². The Kier molecular flexibility index (Phi) is 12.1. The summed E-state index contributed by atoms with van der Waals surface area (Å²) < 4.78 is 32.9. The standard InChI is InChI=1S/C36H38O16/c1-47-27-14-20(5-12-25(27)40)6-13-29(42)48-17-36(46)18-49-35(33(36)45)52-32-31(44)30(43)28(16-37)51-34(32)50-22-8-2-19(3-9-22)4-11-24(39)23-10-7-21(38)15-26(23)41/h2-15,28,30-35,37-38,40-41,43-46H,16-18H2,1H3/b11-4+,13-6+/t28-,30-,31+,32-,33+,34-,35+,36-/m1/s1. The number of phenols is 3. The predicted molar refractivity (Wildman–Crippen MR) is 178 cm³/mol. The Morgan fingerprint density at radius 1 is 0.885 bits per heavy atom. The van der Waals surface area contributed by atoms with E-state index in [1.807, 2.05) is 0 Å². The summed E-state index contributed by atoms with van der Waals surface area (Å²) >= 11 is 0. The Morgan fingerprint density at radius 3 is 2.29 bits per heavy atom. The quantitative estimate of drug-likeness (QED) is 0.0683. The van der Waals surface area contributed by atoms with Crippen molar-refractivity contribution in [3.8, 4) is 28.7 Å². The lowest BCUT2D eigenvalue weighted by atomic mass is 9.98. The minimum Gasteiger partial charge on any atom is -0.508 e. The Bertz CT molecular complexity index is 1770. The predicted octanol–water partition coefficient (Wildman–Crippen LogP) is 0.616. The topological polar surface area (TPSA) is 251 Å². The fourth-order valence-corrected chi connectivity index (χ4v) is 5.34.